The zero-order chi connectivity index (χ0) is 17.8. The van der Waals surface area contributed by atoms with Gasteiger partial charge in [-0.25, -0.2) is 4.79 Å². The van der Waals surface area contributed by atoms with E-state index in [9.17, 15) is 19.2 Å². The standard InChI is InChI=1S/C16H17N3O5S/c20-13(5-6-18-7-8-24-15(18)22)17-12-3-1-11(2-4-12)9-19-14(21)10-25-16(19)23/h1-4H,5-10H2,(H,17,20). The predicted molar refractivity (Wildman–Crippen MR) is 91.0 cm³/mol. The highest BCUT2D eigenvalue weighted by atomic mass is 32.2. The van der Waals surface area contributed by atoms with Crippen molar-refractivity contribution >= 4 is 40.6 Å². The molecule has 2 heterocycles. The van der Waals surface area contributed by atoms with Crippen LogP contribution in [0.3, 0.4) is 0 Å². The van der Waals surface area contributed by atoms with Crippen molar-refractivity contribution < 1.29 is 23.9 Å². The van der Waals surface area contributed by atoms with Gasteiger partial charge in [-0.3, -0.25) is 19.3 Å². The highest BCUT2D eigenvalue weighted by molar-refractivity contribution is 8.14. The van der Waals surface area contributed by atoms with E-state index in [0.717, 1.165) is 17.3 Å². The maximum Gasteiger partial charge on any atom is 0.409 e. The minimum Gasteiger partial charge on any atom is -0.448 e. The van der Waals surface area contributed by atoms with E-state index in [0.29, 0.717) is 25.4 Å². The van der Waals surface area contributed by atoms with Crippen molar-refractivity contribution in [2.45, 2.75) is 13.0 Å². The van der Waals surface area contributed by atoms with Crippen molar-refractivity contribution in [1.82, 2.24) is 9.80 Å². The second-order valence-corrected chi connectivity index (χ2v) is 6.56. The Bertz CT molecular complexity index is 690. The van der Waals surface area contributed by atoms with Gasteiger partial charge >= 0.3 is 6.09 Å². The van der Waals surface area contributed by atoms with Gasteiger partial charge in [-0.05, 0) is 17.7 Å². The molecule has 0 radical (unpaired) electrons. The summed E-state index contributed by atoms with van der Waals surface area (Å²) in [5.41, 5.74) is 1.42. The Morgan fingerprint density at radius 2 is 1.96 bits per heavy atom. The zero-order valence-electron chi connectivity index (χ0n) is 13.4. The van der Waals surface area contributed by atoms with Crippen molar-refractivity contribution in [3.63, 3.8) is 0 Å². The van der Waals surface area contributed by atoms with E-state index in [2.05, 4.69) is 5.32 Å². The Morgan fingerprint density at radius 3 is 2.56 bits per heavy atom. The predicted octanol–water partition coefficient (Wildman–Crippen LogP) is 1.66. The number of amides is 4. The summed E-state index contributed by atoms with van der Waals surface area (Å²) in [6, 6.07) is 6.96. The zero-order valence-corrected chi connectivity index (χ0v) is 14.2. The van der Waals surface area contributed by atoms with Crippen LogP contribution in [-0.4, -0.2) is 58.4 Å². The molecule has 0 atom stereocenters. The summed E-state index contributed by atoms with van der Waals surface area (Å²) in [5, 5.41) is 2.52. The topological polar surface area (TPSA) is 96.0 Å². The molecule has 2 aliphatic heterocycles. The monoisotopic (exact) mass is 363 g/mol. The summed E-state index contributed by atoms with van der Waals surface area (Å²) in [7, 11) is 0. The van der Waals surface area contributed by atoms with Crippen LogP contribution in [-0.2, 0) is 20.9 Å². The molecule has 9 heteroatoms. The van der Waals surface area contributed by atoms with Crippen LogP contribution in [0.5, 0.6) is 0 Å². The number of cyclic esters (lactones) is 1. The summed E-state index contributed by atoms with van der Waals surface area (Å²) in [5.74, 6) is -0.195. The quantitative estimate of drug-likeness (QED) is 0.826. The van der Waals surface area contributed by atoms with Crippen LogP contribution in [0.4, 0.5) is 15.3 Å². The fraction of sp³-hybridized carbons (Fsp3) is 0.375. The van der Waals surface area contributed by atoms with Crippen LogP contribution >= 0.6 is 11.8 Å². The van der Waals surface area contributed by atoms with Gasteiger partial charge in [0.25, 0.3) is 5.24 Å². The van der Waals surface area contributed by atoms with Crippen molar-refractivity contribution in [3.8, 4) is 0 Å². The Kier molecular flexibility index (Phi) is 5.22. The van der Waals surface area contributed by atoms with Crippen molar-refractivity contribution in [2.24, 2.45) is 0 Å². The van der Waals surface area contributed by atoms with Crippen LogP contribution in [0.2, 0.25) is 0 Å². The highest BCUT2D eigenvalue weighted by Gasteiger charge is 2.29. The van der Waals surface area contributed by atoms with Gasteiger partial charge in [0, 0.05) is 18.7 Å². The number of carbonyl (C=O) groups is 4. The molecule has 8 nitrogen and oxygen atoms in total. The SMILES string of the molecule is O=C(CCN1CCOC1=O)Nc1ccc(CN2C(=O)CSC2=O)cc1. The largest absolute Gasteiger partial charge is 0.448 e. The third-order valence-corrected chi connectivity index (χ3v) is 4.73. The minimum atomic E-state index is -0.388. The van der Waals surface area contributed by atoms with E-state index in [1.807, 2.05) is 0 Å². The lowest BCUT2D eigenvalue weighted by Crippen LogP contribution is -2.28. The molecule has 0 bridgehead atoms. The number of hydrogen-bond acceptors (Lipinski definition) is 6. The van der Waals surface area contributed by atoms with E-state index in [1.54, 1.807) is 24.3 Å². The number of nitrogens with zero attached hydrogens (tertiary/aromatic N) is 2. The number of benzene rings is 1. The molecule has 2 saturated heterocycles. The average Bonchev–Trinajstić information content (AvgIpc) is 3.14. The van der Waals surface area contributed by atoms with E-state index < -0.39 is 0 Å². The first-order chi connectivity index (χ1) is 12.0. The molecule has 0 aliphatic carbocycles. The molecule has 2 fully saturated rings. The number of imide groups is 1. The Balaban J connectivity index is 1.48. The van der Waals surface area contributed by atoms with Crippen LogP contribution in [0, 0.1) is 0 Å². The first-order valence-corrected chi connectivity index (χ1v) is 8.79. The number of thioether (sulfide) groups is 1. The van der Waals surface area contributed by atoms with Gasteiger partial charge in [-0.2, -0.15) is 0 Å². The number of rotatable bonds is 6. The second-order valence-electron chi connectivity index (χ2n) is 5.63. The average molecular weight is 363 g/mol. The molecule has 0 unspecified atom stereocenters. The molecule has 2 aliphatic rings. The van der Waals surface area contributed by atoms with Gasteiger partial charge in [-0.1, -0.05) is 23.9 Å². The molecule has 25 heavy (non-hydrogen) atoms. The number of nitrogens with one attached hydrogen (secondary N) is 1. The fourth-order valence-electron chi connectivity index (χ4n) is 2.50. The Hall–Kier alpha value is -2.55. The van der Waals surface area contributed by atoms with Gasteiger partial charge in [0.2, 0.25) is 11.8 Å². The van der Waals surface area contributed by atoms with Crippen LogP contribution in [0.25, 0.3) is 0 Å². The first kappa shape index (κ1) is 17.3. The van der Waals surface area contributed by atoms with Crippen molar-refractivity contribution in [1.29, 1.82) is 0 Å². The van der Waals surface area contributed by atoms with E-state index >= 15 is 0 Å². The lowest BCUT2D eigenvalue weighted by molar-refractivity contribution is -0.125. The minimum absolute atomic E-state index is 0.185. The van der Waals surface area contributed by atoms with Crippen LogP contribution < -0.4 is 5.32 Å². The van der Waals surface area contributed by atoms with Crippen LogP contribution in [0.15, 0.2) is 24.3 Å². The molecule has 0 aromatic heterocycles. The molecule has 1 aromatic carbocycles. The van der Waals surface area contributed by atoms with Crippen molar-refractivity contribution in [2.75, 3.05) is 30.8 Å². The summed E-state index contributed by atoms with van der Waals surface area (Å²) >= 11 is 1.00. The summed E-state index contributed by atoms with van der Waals surface area (Å²) in [4.78, 5) is 49.1. The molecule has 4 amide bonds. The summed E-state index contributed by atoms with van der Waals surface area (Å²) in [6.45, 7) is 1.42. The number of carbonyl (C=O) groups excluding carboxylic acids is 4. The smallest absolute Gasteiger partial charge is 0.409 e. The normalized spacial score (nSPS) is 17.2. The Morgan fingerprint density at radius 1 is 1.20 bits per heavy atom. The fourth-order valence-corrected chi connectivity index (χ4v) is 3.22. The first-order valence-electron chi connectivity index (χ1n) is 7.80. The molecule has 0 spiro atoms. The van der Waals surface area contributed by atoms with E-state index in [-0.39, 0.29) is 41.9 Å². The third-order valence-electron chi connectivity index (χ3n) is 3.87. The number of anilines is 1. The lowest BCUT2D eigenvalue weighted by atomic mass is 10.2. The van der Waals surface area contributed by atoms with Crippen LogP contribution in [0.1, 0.15) is 12.0 Å². The van der Waals surface area contributed by atoms with Gasteiger partial charge < -0.3 is 15.0 Å². The van der Waals surface area contributed by atoms with Crippen molar-refractivity contribution in [3.05, 3.63) is 29.8 Å². The number of hydrogen-bond donors (Lipinski definition) is 1. The summed E-state index contributed by atoms with van der Waals surface area (Å²) in [6.07, 6.45) is -0.202. The van der Waals surface area contributed by atoms with E-state index in [1.165, 1.54) is 9.80 Å². The molecule has 1 aromatic rings. The van der Waals surface area contributed by atoms with E-state index in [4.69, 9.17) is 4.74 Å². The van der Waals surface area contributed by atoms with Gasteiger partial charge in [0.05, 0.1) is 18.8 Å². The molecular formula is C16H17N3O5S. The maximum absolute atomic E-state index is 11.9. The van der Waals surface area contributed by atoms with Gasteiger partial charge in [0.15, 0.2) is 0 Å². The second kappa shape index (κ2) is 7.56. The number of ether oxygens (including phenoxy) is 1. The molecule has 3 rings (SSSR count). The van der Waals surface area contributed by atoms with Gasteiger partial charge in [-0.15, -0.1) is 0 Å². The molecule has 0 saturated carbocycles. The molecule has 1 N–H and O–H groups in total. The van der Waals surface area contributed by atoms with Gasteiger partial charge in [0.1, 0.15) is 6.61 Å². The molecular weight excluding hydrogens is 346 g/mol. The summed E-state index contributed by atoms with van der Waals surface area (Å²) < 4.78 is 4.80. The molecule has 132 valence electrons. The lowest BCUT2D eigenvalue weighted by Gasteiger charge is -2.14. The highest BCUT2D eigenvalue weighted by Crippen LogP contribution is 2.21. The maximum atomic E-state index is 11.9. The Labute approximate surface area is 148 Å². The third kappa shape index (κ3) is 4.30.